The standard InChI is InChI=1S/C17H21Cl2N3O2S.HI/c1-2-20-17(22-10-13-5-4-8-25-13)21-9-12(23)11-24-15-7-3-6-14(18)16(15)19;/h3-8,12,23H,2,9-11H2,1H3,(H2,20,21,22);1H. The Labute approximate surface area is 184 Å². The number of aliphatic imine (C=N–C) groups is 1. The number of benzene rings is 1. The van der Waals surface area contributed by atoms with Crippen LogP contribution in [0.15, 0.2) is 40.7 Å². The highest BCUT2D eigenvalue weighted by Crippen LogP contribution is 2.31. The topological polar surface area (TPSA) is 65.9 Å². The number of nitrogens with one attached hydrogen (secondary N) is 2. The first-order chi connectivity index (χ1) is 12.1. The molecule has 0 amide bonds. The summed E-state index contributed by atoms with van der Waals surface area (Å²) < 4.78 is 5.53. The Bertz CT molecular complexity index is 687. The predicted molar refractivity (Wildman–Crippen MR) is 121 cm³/mol. The van der Waals surface area contributed by atoms with Crippen LogP contribution < -0.4 is 15.4 Å². The SMILES string of the molecule is CCNC(=NCc1cccs1)NCC(O)COc1cccc(Cl)c1Cl.I. The van der Waals surface area contributed by atoms with Crippen molar-refractivity contribution in [3.05, 3.63) is 50.6 Å². The third-order valence-electron chi connectivity index (χ3n) is 3.17. The summed E-state index contributed by atoms with van der Waals surface area (Å²) in [6.07, 6.45) is -0.722. The van der Waals surface area contributed by atoms with Gasteiger partial charge in [-0.25, -0.2) is 4.99 Å². The third-order valence-corrected chi connectivity index (χ3v) is 4.83. The van der Waals surface area contributed by atoms with Gasteiger partial charge in [0.25, 0.3) is 0 Å². The molecule has 0 bridgehead atoms. The first-order valence-electron chi connectivity index (χ1n) is 7.89. The first kappa shape index (κ1) is 23.3. The van der Waals surface area contributed by atoms with Gasteiger partial charge < -0.3 is 20.5 Å². The molecule has 0 radical (unpaired) electrons. The van der Waals surface area contributed by atoms with Crippen molar-refractivity contribution in [2.45, 2.75) is 19.6 Å². The summed E-state index contributed by atoms with van der Waals surface area (Å²) in [5, 5.41) is 19.1. The molecule has 0 aliphatic heterocycles. The van der Waals surface area contributed by atoms with E-state index in [2.05, 4.69) is 15.6 Å². The second-order valence-electron chi connectivity index (χ2n) is 5.17. The molecule has 5 nitrogen and oxygen atoms in total. The number of thiophene rings is 1. The Morgan fingerprint density at radius 2 is 2.08 bits per heavy atom. The molecule has 1 heterocycles. The average molecular weight is 530 g/mol. The van der Waals surface area contributed by atoms with E-state index in [1.54, 1.807) is 29.5 Å². The molecule has 0 aliphatic carbocycles. The second-order valence-corrected chi connectivity index (χ2v) is 6.99. The van der Waals surface area contributed by atoms with Crippen molar-refractivity contribution in [1.82, 2.24) is 10.6 Å². The minimum Gasteiger partial charge on any atom is -0.489 e. The molecule has 26 heavy (non-hydrogen) atoms. The summed E-state index contributed by atoms with van der Waals surface area (Å²) in [5.74, 6) is 1.10. The van der Waals surface area contributed by atoms with Gasteiger partial charge in [0, 0.05) is 18.0 Å². The fraction of sp³-hybridized carbons (Fsp3) is 0.353. The van der Waals surface area contributed by atoms with E-state index in [9.17, 15) is 5.11 Å². The van der Waals surface area contributed by atoms with Gasteiger partial charge in [-0.2, -0.15) is 0 Å². The quantitative estimate of drug-likeness (QED) is 0.273. The fourth-order valence-electron chi connectivity index (χ4n) is 1.96. The smallest absolute Gasteiger partial charge is 0.191 e. The van der Waals surface area contributed by atoms with E-state index in [1.165, 1.54) is 4.88 Å². The molecule has 1 atom stereocenters. The number of aliphatic hydroxyl groups is 1. The zero-order valence-electron chi connectivity index (χ0n) is 14.2. The summed E-state index contributed by atoms with van der Waals surface area (Å²) in [7, 11) is 0. The highest BCUT2D eigenvalue weighted by atomic mass is 127. The van der Waals surface area contributed by atoms with Crippen molar-refractivity contribution < 1.29 is 9.84 Å². The van der Waals surface area contributed by atoms with Crippen LogP contribution in [-0.2, 0) is 6.54 Å². The van der Waals surface area contributed by atoms with Crippen LogP contribution in [0.2, 0.25) is 10.0 Å². The zero-order valence-corrected chi connectivity index (χ0v) is 18.9. The Morgan fingerprint density at radius 1 is 1.27 bits per heavy atom. The molecule has 0 saturated heterocycles. The Kier molecular flexibility index (Phi) is 11.3. The van der Waals surface area contributed by atoms with Crippen LogP contribution in [0.1, 0.15) is 11.8 Å². The normalized spacial score (nSPS) is 12.2. The lowest BCUT2D eigenvalue weighted by atomic mass is 10.3. The van der Waals surface area contributed by atoms with Gasteiger partial charge in [0.1, 0.15) is 23.5 Å². The van der Waals surface area contributed by atoms with Gasteiger partial charge in [0.15, 0.2) is 5.96 Å². The van der Waals surface area contributed by atoms with E-state index in [0.717, 1.165) is 6.54 Å². The van der Waals surface area contributed by atoms with Crippen LogP contribution in [0.3, 0.4) is 0 Å². The van der Waals surface area contributed by atoms with E-state index >= 15 is 0 Å². The predicted octanol–water partition coefficient (Wildman–Crippen LogP) is 4.17. The molecule has 144 valence electrons. The molecule has 0 saturated carbocycles. The molecular weight excluding hydrogens is 508 g/mol. The second kappa shape index (κ2) is 12.6. The van der Waals surface area contributed by atoms with Gasteiger partial charge in [-0.3, -0.25) is 0 Å². The van der Waals surface area contributed by atoms with Gasteiger partial charge in [-0.05, 0) is 30.5 Å². The summed E-state index contributed by atoms with van der Waals surface area (Å²) in [6, 6.07) is 9.17. The minimum absolute atomic E-state index is 0. The first-order valence-corrected chi connectivity index (χ1v) is 9.53. The van der Waals surface area contributed by atoms with E-state index in [-0.39, 0.29) is 30.6 Å². The Morgan fingerprint density at radius 3 is 2.77 bits per heavy atom. The van der Waals surface area contributed by atoms with E-state index in [4.69, 9.17) is 27.9 Å². The number of halogens is 3. The monoisotopic (exact) mass is 529 g/mol. The van der Waals surface area contributed by atoms with Crippen LogP contribution in [-0.4, -0.2) is 36.9 Å². The summed E-state index contributed by atoms with van der Waals surface area (Å²) in [5.41, 5.74) is 0. The van der Waals surface area contributed by atoms with Gasteiger partial charge in [0.05, 0.1) is 11.6 Å². The van der Waals surface area contributed by atoms with Crippen molar-refractivity contribution >= 4 is 64.5 Å². The number of guanidine groups is 1. The van der Waals surface area contributed by atoms with Crippen molar-refractivity contribution in [1.29, 1.82) is 0 Å². The summed E-state index contributed by atoms with van der Waals surface area (Å²) >= 11 is 13.6. The molecule has 0 spiro atoms. The van der Waals surface area contributed by atoms with Gasteiger partial charge in [-0.15, -0.1) is 35.3 Å². The lowest BCUT2D eigenvalue weighted by Crippen LogP contribution is -2.42. The third kappa shape index (κ3) is 7.87. The van der Waals surface area contributed by atoms with Crippen molar-refractivity contribution in [3.63, 3.8) is 0 Å². The average Bonchev–Trinajstić information content (AvgIpc) is 3.12. The molecule has 0 aliphatic rings. The van der Waals surface area contributed by atoms with Crippen LogP contribution in [0.25, 0.3) is 0 Å². The van der Waals surface area contributed by atoms with Gasteiger partial charge >= 0.3 is 0 Å². The van der Waals surface area contributed by atoms with Crippen LogP contribution in [0.5, 0.6) is 5.75 Å². The highest BCUT2D eigenvalue weighted by molar-refractivity contribution is 14.0. The van der Waals surface area contributed by atoms with Crippen molar-refractivity contribution in [2.24, 2.45) is 4.99 Å². The lowest BCUT2D eigenvalue weighted by molar-refractivity contribution is 0.110. The maximum atomic E-state index is 10.1. The molecule has 2 rings (SSSR count). The maximum Gasteiger partial charge on any atom is 0.191 e. The zero-order chi connectivity index (χ0) is 18.1. The molecule has 0 fully saturated rings. The van der Waals surface area contributed by atoms with Gasteiger partial charge in [0.2, 0.25) is 0 Å². The number of hydrogen-bond acceptors (Lipinski definition) is 4. The van der Waals surface area contributed by atoms with Crippen LogP contribution >= 0.6 is 58.5 Å². The minimum atomic E-state index is -0.722. The molecule has 1 unspecified atom stereocenters. The van der Waals surface area contributed by atoms with Gasteiger partial charge in [-0.1, -0.05) is 35.3 Å². The number of ether oxygens (including phenoxy) is 1. The van der Waals surface area contributed by atoms with E-state index in [0.29, 0.717) is 34.8 Å². The summed E-state index contributed by atoms with van der Waals surface area (Å²) in [6.45, 7) is 3.72. The van der Waals surface area contributed by atoms with E-state index < -0.39 is 6.10 Å². The maximum absolute atomic E-state index is 10.1. The number of rotatable bonds is 8. The van der Waals surface area contributed by atoms with Crippen molar-refractivity contribution in [3.8, 4) is 5.75 Å². The number of aliphatic hydroxyl groups excluding tert-OH is 1. The number of hydrogen-bond donors (Lipinski definition) is 3. The molecule has 1 aromatic carbocycles. The molecule has 1 aromatic heterocycles. The molecule has 9 heteroatoms. The molecule has 2 aromatic rings. The lowest BCUT2D eigenvalue weighted by Gasteiger charge is -2.16. The van der Waals surface area contributed by atoms with Crippen molar-refractivity contribution in [2.75, 3.05) is 19.7 Å². The Hall–Kier alpha value is -0.740. The van der Waals surface area contributed by atoms with E-state index in [1.807, 2.05) is 24.4 Å². The summed E-state index contributed by atoms with van der Waals surface area (Å²) in [4.78, 5) is 5.66. The fourth-order valence-corrected chi connectivity index (χ4v) is 2.93. The molecule has 3 N–H and O–H groups in total. The Balaban J connectivity index is 0.00000338. The van der Waals surface area contributed by atoms with Crippen LogP contribution in [0.4, 0.5) is 0 Å². The number of nitrogens with zero attached hydrogens (tertiary/aromatic N) is 1. The molecular formula is C17H22Cl2IN3O2S. The van der Waals surface area contributed by atoms with Crippen LogP contribution in [0, 0.1) is 0 Å². The highest BCUT2D eigenvalue weighted by Gasteiger charge is 2.10. The largest absolute Gasteiger partial charge is 0.489 e.